The van der Waals surface area contributed by atoms with Crippen LogP contribution in [0.2, 0.25) is 0 Å². The number of hydrogen-bond donors (Lipinski definition) is 0. The van der Waals surface area contributed by atoms with Crippen molar-refractivity contribution in [3.63, 3.8) is 0 Å². The van der Waals surface area contributed by atoms with Crippen molar-refractivity contribution < 1.29 is 9.53 Å². The predicted octanol–water partition coefficient (Wildman–Crippen LogP) is 1.86. The van der Waals surface area contributed by atoms with E-state index in [4.69, 9.17) is 4.74 Å². The van der Waals surface area contributed by atoms with Crippen LogP contribution in [-0.4, -0.2) is 46.2 Å². The average molecular weight is 277 g/mol. The Kier molecular flexibility index (Phi) is 4.05. The van der Waals surface area contributed by atoms with Crippen LogP contribution < -0.4 is 0 Å². The summed E-state index contributed by atoms with van der Waals surface area (Å²) < 4.78 is 7.80. The third-order valence-corrected chi connectivity index (χ3v) is 4.28. The predicted molar refractivity (Wildman–Crippen MR) is 75.2 cm³/mol. The zero-order chi connectivity index (χ0) is 13.9. The smallest absolute Gasteiger partial charge is 0.251 e. The lowest BCUT2D eigenvalue weighted by atomic mass is 10.1. The summed E-state index contributed by atoms with van der Waals surface area (Å²) in [7, 11) is 0. The number of carbonyl (C=O) groups excluding carboxylic acids is 1. The van der Waals surface area contributed by atoms with Crippen molar-refractivity contribution in [2.24, 2.45) is 5.92 Å². The molecule has 0 bridgehead atoms. The van der Waals surface area contributed by atoms with Gasteiger partial charge >= 0.3 is 0 Å². The largest absolute Gasteiger partial charge is 0.368 e. The molecular formula is C15H23N3O2. The van der Waals surface area contributed by atoms with Gasteiger partial charge in [0, 0.05) is 25.5 Å². The van der Waals surface area contributed by atoms with E-state index in [0.29, 0.717) is 12.0 Å². The molecule has 2 unspecified atom stereocenters. The first-order valence-corrected chi connectivity index (χ1v) is 7.62. The summed E-state index contributed by atoms with van der Waals surface area (Å²) >= 11 is 0. The van der Waals surface area contributed by atoms with Crippen LogP contribution in [0.1, 0.15) is 38.6 Å². The second kappa shape index (κ2) is 5.95. The van der Waals surface area contributed by atoms with Crippen LogP contribution in [0.5, 0.6) is 0 Å². The molecule has 3 rings (SSSR count). The van der Waals surface area contributed by atoms with E-state index in [9.17, 15) is 4.79 Å². The molecule has 2 aliphatic rings. The first kappa shape index (κ1) is 13.6. The molecule has 1 aliphatic heterocycles. The molecule has 2 atom stereocenters. The maximum atomic E-state index is 12.4. The summed E-state index contributed by atoms with van der Waals surface area (Å²) in [5.41, 5.74) is 0. The second-order valence-electron chi connectivity index (χ2n) is 6.01. The summed E-state index contributed by atoms with van der Waals surface area (Å²) in [6.07, 6.45) is 9.97. The minimum atomic E-state index is -0.308. The lowest BCUT2D eigenvalue weighted by Gasteiger charge is -2.34. The summed E-state index contributed by atoms with van der Waals surface area (Å²) in [5.74, 6) is 0.834. The Labute approximate surface area is 119 Å². The van der Waals surface area contributed by atoms with E-state index in [1.807, 2.05) is 24.3 Å². The molecule has 1 amide bonds. The highest BCUT2D eigenvalue weighted by Gasteiger charge is 2.29. The van der Waals surface area contributed by atoms with Gasteiger partial charge in [-0.15, -0.1) is 0 Å². The van der Waals surface area contributed by atoms with Gasteiger partial charge in [0.25, 0.3) is 5.91 Å². The fourth-order valence-electron chi connectivity index (χ4n) is 2.78. The van der Waals surface area contributed by atoms with E-state index in [-0.39, 0.29) is 12.0 Å². The van der Waals surface area contributed by atoms with Crippen molar-refractivity contribution in [3.05, 3.63) is 18.7 Å². The summed E-state index contributed by atoms with van der Waals surface area (Å²) in [4.78, 5) is 18.5. The molecule has 0 N–H and O–H groups in total. The van der Waals surface area contributed by atoms with Crippen LogP contribution in [0.4, 0.5) is 0 Å². The minimum absolute atomic E-state index is 0.135. The van der Waals surface area contributed by atoms with Crippen LogP contribution in [0.15, 0.2) is 18.7 Å². The number of hydrogen-bond acceptors (Lipinski definition) is 3. The van der Waals surface area contributed by atoms with Crippen molar-refractivity contribution in [2.45, 2.75) is 44.8 Å². The number of nitrogens with zero attached hydrogens (tertiary/aromatic N) is 3. The highest BCUT2D eigenvalue weighted by atomic mass is 16.5. The normalized spacial score (nSPS) is 24.6. The number of rotatable bonds is 5. The van der Waals surface area contributed by atoms with E-state index in [1.54, 1.807) is 6.20 Å². The maximum Gasteiger partial charge on any atom is 0.251 e. The van der Waals surface area contributed by atoms with E-state index in [1.165, 1.54) is 12.8 Å². The number of aromatic nitrogens is 2. The SMILES string of the molecule is CC(OCC1CC1)C(=O)N1CCCC(n2ccnc2)C1. The van der Waals surface area contributed by atoms with Crippen LogP contribution in [0.25, 0.3) is 0 Å². The lowest BCUT2D eigenvalue weighted by Crippen LogP contribution is -2.45. The van der Waals surface area contributed by atoms with Gasteiger partial charge in [-0.25, -0.2) is 4.98 Å². The number of piperidine rings is 1. The van der Waals surface area contributed by atoms with E-state index >= 15 is 0 Å². The molecular weight excluding hydrogens is 254 g/mol. The first-order valence-electron chi connectivity index (χ1n) is 7.62. The van der Waals surface area contributed by atoms with Crippen LogP contribution in [0.3, 0.4) is 0 Å². The second-order valence-corrected chi connectivity index (χ2v) is 6.01. The Balaban J connectivity index is 1.53. The Morgan fingerprint density at radius 3 is 3.00 bits per heavy atom. The fraction of sp³-hybridized carbons (Fsp3) is 0.733. The number of likely N-dealkylation sites (tertiary alicyclic amines) is 1. The van der Waals surface area contributed by atoms with Gasteiger partial charge in [-0.05, 0) is 38.5 Å². The van der Waals surface area contributed by atoms with Crippen LogP contribution >= 0.6 is 0 Å². The van der Waals surface area contributed by atoms with Gasteiger partial charge < -0.3 is 14.2 Å². The molecule has 1 saturated heterocycles. The molecule has 5 heteroatoms. The maximum absolute atomic E-state index is 12.4. The lowest BCUT2D eigenvalue weighted by molar-refractivity contribution is -0.144. The van der Waals surface area contributed by atoms with Crippen LogP contribution in [0, 0.1) is 5.92 Å². The third kappa shape index (κ3) is 3.20. The molecule has 2 heterocycles. The quantitative estimate of drug-likeness (QED) is 0.825. The fourth-order valence-corrected chi connectivity index (χ4v) is 2.78. The van der Waals surface area contributed by atoms with Gasteiger partial charge in [-0.3, -0.25) is 4.79 Å². The number of imidazole rings is 1. The zero-order valence-corrected chi connectivity index (χ0v) is 12.1. The number of carbonyl (C=O) groups is 1. The van der Waals surface area contributed by atoms with Gasteiger partial charge in [0.15, 0.2) is 0 Å². The minimum Gasteiger partial charge on any atom is -0.368 e. The molecule has 20 heavy (non-hydrogen) atoms. The average Bonchev–Trinajstić information content (AvgIpc) is 3.15. The van der Waals surface area contributed by atoms with Gasteiger partial charge in [-0.1, -0.05) is 0 Å². The summed E-state index contributed by atoms with van der Waals surface area (Å²) in [6.45, 7) is 4.24. The molecule has 5 nitrogen and oxygen atoms in total. The molecule has 0 spiro atoms. The third-order valence-electron chi connectivity index (χ3n) is 4.28. The van der Waals surface area contributed by atoms with E-state index in [2.05, 4.69) is 9.55 Å². The zero-order valence-electron chi connectivity index (χ0n) is 12.1. The molecule has 0 radical (unpaired) electrons. The standard InChI is InChI=1S/C15H23N3O2/c1-12(20-10-13-4-5-13)15(19)17-7-2-3-14(9-17)18-8-6-16-11-18/h6,8,11-14H,2-5,7,9-10H2,1H3. The van der Waals surface area contributed by atoms with Gasteiger partial charge in [-0.2, -0.15) is 0 Å². The highest BCUT2D eigenvalue weighted by molar-refractivity contribution is 5.80. The molecule has 1 aliphatic carbocycles. The summed E-state index contributed by atoms with van der Waals surface area (Å²) in [6, 6.07) is 0.353. The molecule has 1 saturated carbocycles. The van der Waals surface area contributed by atoms with Gasteiger partial charge in [0.2, 0.25) is 0 Å². The van der Waals surface area contributed by atoms with Crippen molar-refractivity contribution in [1.29, 1.82) is 0 Å². The van der Waals surface area contributed by atoms with Crippen molar-refractivity contribution in [3.8, 4) is 0 Å². The van der Waals surface area contributed by atoms with Gasteiger partial charge in [0.1, 0.15) is 6.10 Å². The Bertz CT molecular complexity index is 442. The first-order chi connectivity index (χ1) is 9.74. The van der Waals surface area contributed by atoms with Crippen molar-refractivity contribution in [1.82, 2.24) is 14.5 Å². The van der Waals surface area contributed by atoms with E-state index < -0.39 is 0 Å². The van der Waals surface area contributed by atoms with Crippen molar-refractivity contribution >= 4 is 5.91 Å². The van der Waals surface area contributed by atoms with Gasteiger partial charge in [0.05, 0.1) is 19.0 Å². The monoisotopic (exact) mass is 277 g/mol. The molecule has 110 valence electrons. The number of amides is 1. The Morgan fingerprint density at radius 1 is 1.45 bits per heavy atom. The van der Waals surface area contributed by atoms with Crippen molar-refractivity contribution in [2.75, 3.05) is 19.7 Å². The Hall–Kier alpha value is -1.36. The summed E-state index contributed by atoms with van der Waals surface area (Å²) in [5, 5.41) is 0. The molecule has 1 aromatic heterocycles. The number of ether oxygens (including phenoxy) is 1. The topological polar surface area (TPSA) is 47.4 Å². The van der Waals surface area contributed by atoms with Crippen LogP contribution in [-0.2, 0) is 9.53 Å². The molecule has 1 aromatic rings. The van der Waals surface area contributed by atoms with E-state index in [0.717, 1.165) is 32.5 Å². The molecule has 2 fully saturated rings. The Morgan fingerprint density at radius 2 is 2.30 bits per heavy atom. The molecule has 0 aromatic carbocycles. The highest BCUT2D eigenvalue weighted by Crippen LogP contribution is 2.29.